The van der Waals surface area contributed by atoms with Crippen LogP contribution in [0.2, 0.25) is 0 Å². The Labute approximate surface area is 174 Å². The molecule has 166 valence electrons. The minimum absolute atomic E-state index is 0.394. The van der Waals surface area contributed by atoms with Gasteiger partial charge in [-0.2, -0.15) is 0 Å². The third-order valence-corrected chi connectivity index (χ3v) is 9.04. The Morgan fingerprint density at radius 3 is 1.11 bits per heavy atom. The molecule has 8 nitrogen and oxygen atoms in total. The Morgan fingerprint density at radius 2 is 1.00 bits per heavy atom. The summed E-state index contributed by atoms with van der Waals surface area (Å²) >= 11 is 10.4. The number of rotatable bonds is 11. The zero-order valence-corrected chi connectivity index (χ0v) is 21.1. The highest BCUT2D eigenvalue weighted by molar-refractivity contribution is 8.14. The molecule has 12 heteroatoms. The largest absolute Gasteiger partial charge is 0.465 e. The van der Waals surface area contributed by atoms with E-state index in [4.69, 9.17) is 55.9 Å². The van der Waals surface area contributed by atoms with Gasteiger partial charge in [-0.05, 0) is 63.1 Å². The van der Waals surface area contributed by atoms with E-state index < -0.39 is 19.5 Å². The predicted molar refractivity (Wildman–Crippen MR) is 118 cm³/mol. The first-order valence-corrected chi connectivity index (χ1v) is 13.9. The summed E-state index contributed by atoms with van der Waals surface area (Å²) in [5.74, 6) is 1.70. The molecule has 0 heterocycles. The fourth-order valence-electron chi connectivity index (χ4n) is 0.924. The van der Waals surface area contributed by atoms with E-state index in [1.807, 2.05) is 27.7 Å². The lowest BCUT2D eigenvalue weighted by atomic mass is 10.0. The summed E-state index contributed by atoms with van der Waals surface area (Å²) in [6, 6.07) is 0. The van der Waals surface area contributed by atoms with Gasteiger partial charge in [0.05, 0.1) is 26.4 Å². The number of primary amides is 1. The Kier molecular flexibility index (Phi) is 21.8. The van der Waals surface area contributed by atoms with Crippen LogP contribution in [-0.2, 0) is 46.0 Å². The highest BCUT2D eigenvalue weighted by Crippen LogP contribution is 2.66. The average Bonchev–Trinajstić information content (AvgIpc) is 2.47. The van der Waals surface area contributed by atoms with Crippen molar-refractivity contribution in [1.29, 1.82) is 0 Å². The molecule has 0 aliphatic rings. The van der Waals surface area contributed by atoms with Crippen molar-refractivity contribution < 1.29 is 32.3 Å². The lowest BCUT2D eigenvalue weighted by molar-refractivity contribution is 0.176. The van der Waals surface area contributed by atoms with Crippen molar-refractivity contribution >= 4 is 43.1 Å². The Bertz CT molecular complexity index is 407. The van der Waals surface area contributed by atoms with Gasteiger partial charge in [0.25, 0.3) is 0 Å². The maximum Gasteiger partial charge on any atom is 0.402 e. The minimum atomic E-state index is -2.87. The molecular weight excluding hydrogens is 432 g/mol. The van der Waals surface area contributed by atoms with E-state index in [0.29, 0.717) is 26.4 Å². The van der Waals surface area contributed by atoms with Gasteiger partial charge in [0.15, 0.2) is 0 Å². The van der Waals surface area contributed by atoms with E-state index in [-0.39, 0.29) is 0 Å². The molecule has 0 aliphatic carbocycles. The minimum Gasteiger partial charge on any atom is -0.465 e. The van der Waals surface area contributed by atoms with Crippen LogP contribution in [-0.4, -0.2) is 37.6 Å². The molecule has 0 saturated heterocycles. The van der Waals surface area contributed by atoms with Crippen LogP contribution in [0.5, 0.6) is 0 Å². The maximum atomic E-state index is 8.78. The average molecular weight is 470 g/mol. The molecule has 0 saturated carbocycles. The van der Waals surface area contributed by atoms with Crippen LogP contribution in [0.3, 0.4) is 0 Å². The molecule has 0 aromatic heterocycles. The molecule has 0 aromatic rings. The normalized spacial score (nSPS) is 11.5. The van der Waals surface area contributed by atoms with Crippen LogP contribution >= 0.6 is 13.4 Å². The fourth-order valence-corrected chi connectivity index (χ4v) is 7.30. The van der Waals surface area contributed by atoms with Crippen molar-refractivity contribution in [3.63, 3.8) is 0 Å². The van der Waals surface area contributed by atoms with E-state index in [0.717, 1.165) is 11.8 Å². The van der Waals surface area contributed by atoms with Crippen LogP contribution in [0.1, 0.15) is 55.4 Å². The monoisotopic (exact) mass is 469 g/mol. The van der Waals surface area contributed by atoms with E-state index in [1.54, 1.807) is 0 Å². The van der Waals surface area contributed by atoms with Crippen molar-refractivity contribution in [3.8, 4) is 0 Å². The summed E-state index contributed by atoms with van der Waals surface area (Å²) in [5, 5.41) is 7.19. The second-order valence-electron chi connectivity index (χ2n) is 5.47. The molecule has 0 aromatic carbocycles. The van der Waals surface area contributed by atoms with Crippen molar-refractivity contribution in [3.05, 3.63) is 0 Å². The molecule has 0 unspecified atom stereocenters. The lowest BCUT2D eigenvalue weighted by Crippen LogP contribution is -2.03. The first-order valence-electron chi connectivity index (χ1n) is 8.80. The van der Waals surface area contributed by atoms with E-state index in [2.05, 4.69) is 33.4 Å². The molecule has 0 fully saturated rings. The zero-order valence-electron chi connectivity index (χ0n) is 17.7. The molecule has 0 bridgehead atoms. The number of hydrogen-bond acceptors (Lipinski definition) is 8. The molecular formula is C15H37NO7P2S2. The lowest BCUT2D eigenvalue weighted by Gasteiger charge is -2.27. The highest BCUT2D eigenvalue weighted by atomic mass is 32.5. The number of nitrogens with two attached hydrogens (primary N) is 1. The van der Waals surface area contributed by atoms with Crippen LogP contribution in [0.4, 0.5) is 4.79 Å². The first kappa shape index (κ1) is 32.0. The van der Waals surface area contributed by atoms with Crippen molar-refractivity contribution in [1.82, 2.24) is 0 Å². The van der Waals surface area contributed by atoms with Gasteiger partial charge in [0, 0.05) is 0 Å². The molecule has 0 spiro atoms. The van der Waals surface area contributed by atoms with Gasteiger partial charge in [0.1, 0.15) is 0 Å². The number of hydrogen-bond donors (Lipinski definition) is 2. The number of carboxylic acid groups (broad SMARTS) is 1. The summed E-state index contributed by atoms with van der Waals surface area (Å²) in [5.41, 5.74) is 4.03. The van der Waals surface area contributed by atoms with Gasteiger partial charge in [-0.25, -0.2) is 9.11 Å². The van der Waals surface area contributed by atoms with E-state index in [1.165, 1.54) is 0 Å². The van der Waals surface area contributed by atoms with Crippen LogP contribution in [0, 0.1) is 11.8 Å². The smallest absolute Gasteiger partial charge is 0.402 e. The van der Waals surface area contributed by atoms with Crippen molar-refractivity contribution in [2.45, 2.75) is 55.4 Å². The van der Waals surface area contributed by atoms with Gasteiger partial charge < -0.3 is 28.9 Å². The second-order valence-corrected chi connectivity index (χ2v) is 11.6. The van der Waals surface area contributed by atoms with Gasteiger partial charge in [-0.15, -0.1) is 0 Å². The van der Waals surface area contributed by atoms with Gasteiger partial charge in [-0.3, -0.25) is 0 Å². The SMILES string of the molecule is CC(C)C(C)C.CCOP(=S)(OCC)OP(=S)(OCC)OCC.NC(=O)O. The Balaban J connectivity index is -0.000000472. The fraction of sp³-hybridized carbons (Fsp3) is 0.933. The Morgan fingerprint density at radius 1 is 0.815 bits per heavy atom. The van der Waals surface area contributed by atoms with Crippen LogP contribution in [0.15, 0.2) is 0 Å². The third kappa shape index (κ3) is 22.5. The zero-order chi connectivity index (χ0) is 22.1. The van der Waals surface area contributed by atoms with E-state index in [9.17, 15) is 0 Å². The molecule has 3 N–H and O–H groups in total. The summed E-state index contributed by atoms with van der Waals surface area (Å²) in [7, 11) is 0. The molecule has 1 amide bonds. The summed E-state index contributed by atoms with van der Waals surface area (Å²) in [6.45, 7) is 12.0. The second kappa shape index (κ2) is 18.4. The Hall–Kier alpha value is 0.370. The molecule has 0 atom stereocenters. The third-order valence-electron chi connectivity index (χ3n) is 2.68. The first-order chi connectivity index (χ1) is 12.3. The maximum absolute atomic E-state index is 8.78. The van der Waals surface area contributed by atoms with Gasteiger partial charge in [0.2, 0.25) is 0 Å². The molecule has 0 aliphatic heterocycles. The highest BCUT2D eigenvalue weighted by Gasteiger charge is 2.31. The molecule has 27 heavy (non-hydrogen) atoms. The summed E-state index contributed by atoms with van der Waals surface area (Å²) < 4.78 is 26.9. The quantitative estimate of drug-likeness (QED) is 0.378. The number of amides is 1. The summed E-state index contributed by atoms with van der Waals surface area (Å²) in [4.78, 5) is 8.78. The topological polar surface area (TPSA) is 109 Å². The number of carbonyl (C=O) groups is 1. The molecule has 0 rings (SSSR count). The molecule has 0 radical (unpaired) electrons. The predicted octanol–water partition coefficient (Wildman–Crippen LogP) is 5.52. The van der Waals surface area contributed by atoms with Crippen molar-refractivity contribution in [2.75, 3.05) is 26.4 Å². The van der Waals surface area contributed by atoms with Gasteiger partial charge in [-0.1, -0.05) is 27.7 Å². The standard InChI is InChI=1S/C8H20O5P2S2.C6H14.CH3NO2/c1-5-9-14(16,10-6-2)13-15(17,11-7-3)12-8-4;1-5(2)6(3)4;2-1(3)4/h5-8H2,1-4H3;5-6H,1-4H3;2H2,(H,3,4). The van der Waals surface area contributed by atoms with Crippen LogP contribution < -0.4 is 5.73 Å². The van der Waals surface area contributed by atoms with E-state index >= 15 is 0 Å². The van der Waals surface area contributed by atoms with Crippen LogP contribution in [0.25, 0.3) is 0 Å². The van der Waals surface area contributed by atoms with Crippen molar-refractivity contribution in [2.24, 2.45) is 17.6 Å². The summed E-state index contributed by atoms with van der Waals surface area (Å²) in [6.07, 6.45) is -1.33. The van der Waals surface area contributed by atoms with Gasteiger partial charge >= 0.3 is 19.5 Å².